The van der Waals surface area contributed by atoms with Crippen molar-refractivity contribution in [1.82, 2.24) is 0 Å². The highest BCUT2D eigenvalue weighted by Crippen LogP contribution is 2.38. The second kappa shape index (κ2) is 5.24. The molecule has 8 heteroatoms. The maximum Gasteiger partial charge on any atom is 0.237 e. The zero-order valence-electron chi connectivity index (χ0n) is 9.86. The van der Waals surface area contributed by atoms with Crippen molar-refractivity contribution in [2.75, 3.05) is 11.4 Å². The van der Waals surface area contributed by atoms with Gasteiger partial charge in [0.05, 0.1) is 10.7 Å². The number of carbonyl (C=O) groups is 1. The number of benzene rings is 1. The van der Waals surface area contributed by atoms with E-state index in [2.05, 4.69) is 15.9 Å². The van der Waals surface area contributed by atoms with Crippen LogP contribution in [0.25, 0.3) is 0 Å². The van der Waals surface area contributed by atoms with Crippen LogP contribution in [0.1, 0.15) is 12.0 Å². The average Bonchev–Trinajstić information content (AvgIpc) is 2.59. The van der Waals surface area contributed by atoms with Crippen LogP contribution in [0.15, 0.2) is 16.6 Å². The predicted molar refractivity (Wildman–Crippen MR) is 79.4 cm³/mol. The van der Waals surface area contributed by atoms with Gasteiger partial charge in [0.2, 0.25) is 15.0 Å². The molecule has 1 fully saturated rings. The molecule has 0 spiro atoms. The summed E-state index contributed by atoms with van der Waals surface area (Å²) in [6.45, 7) is 1.89. The molecule has 1 heterocycles. The molecule has 1 atom stereocenters. The van der Waals surface area contributed by atoms with Crippen LogP contribution in [0.5, 0.6) is 0 Å². The molecule has 1 aliphatic rings. The standard InChI is InChI=1S/C11H10BrCl2NO3S/c1-6-2-8(12)11(9(13)3-6)15-5-7(4-10(15)16)19(14,17)18/h2-3,7H,4-5H2,1H3. The van der Waals surface area contributed by atoms with Crippen LogP contribution in [0, 0.1) is 6.92 Å². The summed E-state index contributed by atoms with van der Waals surface area (Å²) in [4.78, 5) is 13.3. The predicted octanol–water partition coefficient (Wildman–Crippen LogP) is 3.08. The third-order valence-electron chi connectivity index (χ3n) is 2.92. The number of hydrogen-bond donors (Lipinski definition) is 0. The Kier molecular flexibility index (Phi) is 4.16. The summed E-state index contributed by atoms with van der Waals surface area (Å²) in [6, 6.07) is 3.54. The van der Waals surface area contributed by atoms with Gasteiger partial charge in [-0.25, -0.2) is 8.42 Å². The van der Waals surface area contributed by atoms with Crippen molar-refractivity contribution in [1.29, 1.82) is 0 Å². The monoisotopic (exact) mass is 385 g/mol. The summed E-state index contributed by atoms with van der Waals surface area (Å²) in [5.41, 5.74) is 1.42. The Morgan fingerprint density at radius 1 is 1.42 bits per heavy atom. The number of halogens is 3. The largest absolute Gasteiger partial charge is 0.308 e. The summed E-state index contributed by atoms with van der Waals surface area (Å²) >= 11 is 9.48. The van der Waals surface area contributed by atoms with E-state index < -0.39 is 14.3 Å². The van der Waals surface area contributed by atoms with Gasteiger partial charge in [0, 0.05) is 28.1 Å². The van der Waals surface area contributed by atoms with Gasteiger partial charge in [0.25, 0.3) is 0 Å². The lowest BCUT2D eigenvalue weighted by Crippen LogP contribution is -2.27. The molecule has 1 aromatic carbocycles. The van der Waals surface area contributed by atoms with Gasteiger partial charge in [0.1, 0.15) is 5.25 Å². The second-order valence-electron chi connectivity index (χ2n) is 4.38. The molecule has 104 valence electrons. The average molecular weight is 387 g/mol. The number of anilines is 1. The Morgan fingerprint density at radius 3 is 2.53 bits per heavy atom. The Hall–Kier alpha value is -0.300. The maximum atomic E-state index is 11.9. The van der Waals surface area contributed by atoms with Crippen molar-refractivity contribution in [3.63, 3.8) is 0 Å². The lowest BCUT2D eigenvalue weighted by molar-refractivity contribution is -0.117. The quantitative estimate of drug-likeness (QED) is 0.734. The molecule has 0 aromatic heterocycles. The van der Waals surface area contributed by atoms with Crippen LogP contribution in [0.4, 0.5) is 5.69 Å². The van der Waals surface area contributed by atoms with Crippen LogP contribution >= 0.6 is 38.2 Å². The highest BCUT2D eigenvalue weighted by atomic mass is 79.9. The van der Waals surface area contributed by atoms with Crippen LogP contribution in [-0.2, 0) is 13.8 Å². The molecule has 1 amide bonds. The van der Waals surface area contributed by atoms with Crippen molar-refractivity contribution in [3.05, 3.63) is 27.2 Å². The first-order valence-corrected chi connectivity index (χ1v) is 8.94. The molecule has 1 saturated heterocycles. The molecule has 0 aliphatic carbocycles. The van der Waals surface area contributed by atoms with Gasteiger partial charge in [-0.2, -0.15) is 0 Å². The number of nitrogens with zero attached hydrogens (tertiary/aromatic N) is 1. The Morgan fingerprint density at radius 2 is 2.05 bits per heavy atom. The fourth-order valence-electron chi connectivity index (χ4n) is 2.03. The van der Waals surface area contributed by atoms with Crippen molar-refractivity contribution >= 4 is 58.9 Å². The Balaban J connectivity index is 2.42. The van der Waals surface area contributed by atoms with Crippen LogP contribution in [0.2, 0.25) is 5.02 Å². The molecule has 1 aliphatic heterocycles. The van der Waals surface area contributed by atoms with E-state index in [0.717, 1.165) is 5.56 Å². The number of aryl methyl sites for hydroxylation is 1. The first-order valence-electron chi connectivity index (χ1n) is 5.39. The zero-order valence-corrected chi connectivity index (χ0v) is 13.8. The van der Waals surface area contributed by atoms with Gasteiger partial charge in [0.15, 0.2) is 0 Å². The topological polar surface area (TPSA) is 54.5 Å². The number of carbonyl (C=O) groups excluding carboxylic acids is 1. The summed E-state index contributed by atoms with van der Waals surface area (Å²) in [7, 11) is 1.55. The zero-order chi connectivity index (χ0) is 14.4. The maximum absolute atomic E-state index is 11.9. The molecular weight excluding hydrogens is 377 g/mol. The highest BCUT2D eigenvalue weighted by Gasteiger charge is 2.39. The van der Waals surface area contributed by atoms with Crippen LogP contribution in [-0.4, -0.2) is 26.1 Å². The SMILES string of the molecule is Cc1cc(Cl)c(N2CC(S(=O)(=O)Cl)CC2=O)c(Br)c1. The first-order chi connectivity index (χ1) is 8.70. The third kappa shape index (κ3) is 3.07. The van der Waals surface area contributed by atoms with Gasteiger partial charge in [-0.1, -0.05) is 11.6 Å². The van der Waals surface area contributed by atoms with E-state index in [1.165, 1.54) is 4.90 Å². The van der Waals surface area contributed by atoms with E-state index in [9.17, 15) is 13.2 Å². The Labute approximate surface area is 129 Å². The number of rotatable bonds is 2. The molecule has 0 saturated carbocycles. The summed E-state index contributed by atoms with van der Waals surface area (Å²) in [6.07, 6.45) is -0.123. The molecule has 2 rings (SSSR count). The van der Waals surface area contributed by atoms with E-state index >= 15 is 0 Å². The van der Waals surface area contributed by atoms with E-state index in [1.807, 2.05) is 13.0 Å². The van der Waals surface area contributed by atoms with E-state index in [0.29, 0.717) is 15.2 Å². The van der Waals surface area contributed by atoms with E-state index in [4.69, 9.17) is 22.3 Å². The summed E-state index contributed by atoms with van der Waals surface area (Å²) in [5, 5.41) is -0.501. The van der Waals surface area contributed by atoms with Gasteiger partial charge in [-0.15, -0.1) is 0 Å². The van der Waals surface area contributed by atoms with Gasteiger partial charge in [-0.3, -0.25) is 4.79 Å². The van der Waals surface area contributed by atoms with Crippen molar-refractivity contribution in [2.45, 2.75) is 18.6 Å². The van der Waals surface area contributed by atoms with E-state index in [1.54, 1.807) is 6.07 Å². The third-order valence-corrected chi connectivity index (χ3v) is 5.68. The first kappa shape index (κ1) is 15.1. The minimum atomic E-state index is -3.76. The minimum Gasteiger partial charge on any atom is -0.308 e. The smallest absolute Gasteiger partial charge is 0.237 e. The molecule has 0 N–H and O–H groups in total. The minimum absolute atomic E-state index is 0.0199. The molecule has 1 aromatic rings. The van der Waals surface area contributed by atoms with Crippen LogP contribution < -0.4 is 4.90 Å². The number of hydrogen-bond acceptors (Lipinski definition) is 3. The van der Waals surface area contributed by atoms with Crippen molar-refractivity contribution < 1.29 is 13.2 Å². The highest BCUT2D eigenvalue weighted by molar-refractivity contribution is 9.10. The summed E-state index contributed by atoms with van der Waals surface area (Å²) in [5.74, 6) is -0.305. The van der Waals surface area contributed by atoms with Gasteiger partial charge < -0.3 is 4.90 Å². The number of amides is 1. The van der Waals surface area contributed by atoms with E-state index in [-0.39, 0.29) is 18.9 Å². The molecular formula is C11H10BrCl2NO3S. The van der Waals surface area contributed by atoms with Gasteiger partial charge in [-0.05, 0) is 40.5 Å². The molecule has 0 bridgehead atoms. The normalized spacial score (nSPS) is 20.1. The molecule has 4 nitrogen and oxygen atoms in total. The fourth-order valence-corrected chi connectivity index (χ4v) is 4.34. The lowest BCUT2D eigenvalue weighted by Gasteiger charge is -2.20. The fraction of sp³-hybridized carbons (Fsp3) is 0.364. The summed E-state index contributed by atoms with van der Waals surface area (Å²) < 4.78 is 23.3. The molecule has 0 radical (unpaired) electrons. The Bertz CT molecular complexity index is 624. The van der Waals surface area contributed by atoms with Crippen LogP contribution in [0.3, 0.4) is 0 Å². The van der Waals surface area contributed by atoms with Crippen molar-refractivity contribution in [2.24, 2.45) is 0 Å². The second-order valence-corrected chi connectivity index (χ2v) is 8.55. The molecule has 1 unspecified atom stereocenters. The molecule has 19 heavy (non-hydrogen) atoms. The van der Waals surface area contributed by atoms with Gasteiger partial charge >= 0.3 is 0 Å². The lowest BCUT2D eigenvalue weighted by atomic mass is 10.2. The van der Waals surface area contributed by atoms with Crippen molar-refractivity contribution in [3.8, 4) is 0 Å².